The zero-order chi connectivity index (χ0) is 19.6. The molecule has 0 bridgehead atoms. The molecule has 1 aliphatic heterocycles. The molecular formula is C18H22N4O5. The molecule has 1 atom stereocenters. The Hall–Kier alpha value is -2.94. The van der Waals surface area contributed by atoms with Crippen molar-refractivity contribution in [3.05, 3.63) is 35.7 Å². The lowest BCUT2D eigenvalue weighted by atomic mass is 10.2. The zero-order valence-electron chi connectivity index (χ0n) is 15.5. The second-order valence-electron chi connectivity index (χ2n) is 6.54. The topological polar surface area (TPSA) is 107 Å². The summed E-state index contributed by atoms with van der Waals surface area (Å²) in [6.07, 6.45) is -0.942. The van der Waals surface area contributed by atoms with E-state index < -0.39 is 12.1 Å². The predicted octanol–water partition coefficient (Wildman–Crippen LogP) is 1.29. The predicted molar refractivity (Wildman–Crippen MR) is 95.1 cm³/mol. The van der Waals surface area contributed by atoms with Crippen LogP contribution in [0.5, 0.6) is 5.75 Å². The highest BCUT2D eigenvalue weighted by atomic mass is 16.5. The van der Waals surface area contributed by atoms with Crippen LogP contribution in [0.15, 0.2) is 24.3 Å². The van der Waals surface area contributed by atoms with E-state index >= 15 is 0 Å². The number of nitrogens with zero attached hydrogens (tertiary/aromatic N) is 4. The number of hydrogen-bond donors (Lipinski definition) is 1. The molecule has 1 aromatic carbocycles. The van der Waals surface area contributed by atoms with E-state index in [0.717, 1.165) is 11.4 Å². The molecule has 2 aromatic rings. The van der Waals surface area contributed by atoms with Gasteiger partial charge in [-0.15, -0.1) is 5.10 Å². The van der Waals surface area contributed by atoms with Crippen molar-refractivity contribution >= 4 is 11.9 Å². The van der Waals surface area contributed by atoms with Gasteiger partial charge in [0.2, 0.25) is 0 Å². The van der Waals surface area contributed by atoms with Gasteiger partial charge in [-0.3, -0.25) is 4.79 Å². The number of aliphatic carboxylic acids is 1. The summed E-state index contributed by atoms with van der Waals surface area (Å²) >= 11 is 0. The van der Waals surface area contributed by atoms with Crippen LogP contribution in [0.2, 0.25) is 0 Å². The van der Waals surface area contributed by atoms with E-state index in [0.29, 0.717) is 12.2 Å². The van der Waals surface area contributed by atoms with Gasteiger partial charge in [0, 0.05) is 6.54 Å². The van der Waals surface area contributed by atoms with Crippen LogP contribution < -0.4 is 4.74 Å². The first-order chi connectivity index (χ1) is 12.9. The summed E-state index contributed by atoms with van der Waals surface area (Å²) in [6, 6.07) is 7.33. The Kier molecular flexibility index (Phi) is 5.41. The average molecular weight is 374 g/mol. The monoisotopic (exact) mass is 374 g/mol. The number of hydrogen-bond acceptors (Lipinski definition) is 6. The minimum absolute atomic E-state index is 0.0122. The van der Waals surface area contributed by atoms with Crippen LogP contribution in [0.4, 0.5) is 0 Å². The van der Waals surface area contributed by atoms with Crippen LogP contribution in [-0.4, -0.2) is 68.8 Å². The summed E-state index contributed by atoms with van der Waals surface area (Å²) in [5.41, 5.74) is 1.53. The first-order valence-electron chi connectivity index (χ1n) is 8.70. The second-order valence-corrected chi connectivity index (χ2v) is 6.54. The Morgan fingerprint density at radius 2 is 2.00 bits per heavy atom. The van der Waals surface area contributed by atoms with Crippen LogP contribution in [0.3, 0.4) is 0 Å². The standard InChI is InChI=1S/C18H22N4O5/c1-11(2)27-14-6-4-13(5-7-14)22-12(3)16(19-20-22)17(23)21-8-9-26-15(10-21)18(24)25/h4-7,11,15H,8-10H2,1-3H3,(H,24,25). The summed E-state index contributed by atoms with van der Waals surface area (Å²) in [6.45, 7) is 6.13. The van der Waals surface area contributed by atoms with Gasteiger partial charge >= 0.3 is 5.97 Å². The molecule has 27 heavy (non-hydrogen) atoms. The molecule has 0 aliphatic carbocycles. The van der Waals surface area contributed by atoms with Crippen LogP contribution in [0.1, 0.15) is 30.0 Å². The molecule has 3 rings (SSSR count). The van der Waals surface area contributed by atoms with Crippen LogP contribution >= 0.6 is 0 Å². The third-order valence-corrected chi connectivity index (χ3v) is 4.18. The highest BCUT2D eigenvalue weighted by molar-refractivity contribution is 5.93. The summed E-state index contributed by atoms with van der Waals surface area (Å²) < 4.78 is 12.3. The highest BCUT2D eigenvalue weighted by Crippen LogP contribution is 2.19. The number of carbonyl (C=O) groups is 2. The quantitative estimate of drug-likeness (QED) is 0.840. The molecule has 0 saturated carbocycles. The van der Waals surface area contributed by atoms with Gasteiger partial charge in [-0.2, -0.15) is 0 Å². The van der Waals surface area contributed by atoms with Gasteiger partial charge in [-0.05, 0) is 45.0 Å². The van der Waals surface area contributed by atoms with Gasteiger partial charge in [0.25, 0.3) is 5.91 Å². The Morgan fingerprint density at radius 1 is 1.30 bits per heavy atom. The fourth-order valence-corrected chi connectivity index (χ4v) is 2.84. The van der Waals surface area contributed by atoms with E-state index in [1.165, 1.54) is 4.90 Å². The third kappa shape index (κ3) is 4.08. The molecule has 1 aromatic heterocycles. The smallest absolute Gasteiger partial charge is 0.334 e. The number of carbonyl (C=O) groups excluding carboxylic acids is 1. The SMILES string of the molecule is Cc1c(C(=O)N2CCOC(C(=O)O)C2)nnn1-c1ccc(OC(C)C)cc1. The van der Waals surface area contributed by atoms with Gasteiger partial charge in [0.05, 0.1) is 30.6 Å². The van der Waals surface area contributed by atoms with E-state index in [1.54, 1.807) is 11.6 Å². The van der Waals surface area contributed by atoms with Crippen LogP contribution in [0.25, 0.3) is 5.69 Å². The van der Waals surface area contributed by atoms with E-state index in [4.69, 9.17) is 14.6 Å². The Morgan fingerprint density at radius 3 is 2.63 bits per heavy atom. The third-order valence-electron chi connectivity index (χ3n) is 4.18. The van der Waals surface area contributed by atoms with Crippen molar-refractivity contribution < 1.29 is 24.2 Å². The normalized spacial score (nSPS) is 17.2. The van der Waals surface area contributed by atoms with E-state index in [2.05, 4.69) is 10.3 Å². The summed E-state index contributed by atoms with van der Waals surface area (Å²) in [4.78, 5) is 25.3. The second kappa shape index (κ2) is 7.75. The van der Waals surface area contributed by atoms with Gasteiger partial charge in [-0.1, -0.05) is 5.21 Å². The molecule has 1 N–H and O–H groups in total. The number of aromatic nitrogens is 3. The largest absolute Gasteiger partial charge is 0.491 e. The van der Waals surface area contributed by atoms with E-state index in [-0.39, 0.29) is 30.9 Å². The lowest BCUT2D eigenvalue weighted by Crippen LogP contribution is -2.48. The molecule has 1 unspecified atom stereocenters. The molecular weight excluding hydrogens is 352 g/mol. The minimum atomic E-state index is -1.09. The van der Waals surface area contributed by atoms with Gasteiger partial charge < -0.3 is 19.5 Å². The summed E-state index contributed by atoms with van der Waals surface area (Å²) in [7, 11) is 0. The van der Waals surface area contributed by atoms with Crippen molar-refractivity contribution in [2.45, 2.75) is 33.0 Å². The Bertz CT molecular complexity index is 831. The molecule has 9 nitrogen and oxygen atoms in total. The Labute approximate surface area is 156 Å². The van der Waals surface area contributed by atoms with Crippen LogP contribution in [0, 0.1) is 6.92 Å². The molecule has 9 heteroatoms. The maximum Gasteiger partial charge on any atom is 0.334 e. The lowest BCUT2D eigenvalue weighted by molar-refractivity contribution is -0.154. The number of carboxylic acids is 1. The fourth-order valence-electron chi connectivity index (χ4n) is 2.84. The Balaban J connectivity index is 1.78. The molecule has 0 radical (unpaired) electrons. The van der Waals surface area contributed by atoms with Crippen molar-refractivity contribution in [3.63, 3.8) is 0 Å². The van der Waals surface area contributed by atoms with Gasteiger partial charge in [0.1, 0.15) is 5.75 Å². The first-order valence-corrected chi connectivity index (χ1v) is 8.70. The molecule has 2 heterocycles. The van der Waals surface area contributed by atoms with E-state index in [9.17, 15) is 9.59 Å². The summed E-state index contributed by atoms with van der Waals surface area (Å²) in [5, 5.41) is 17.2. The van der Waals surface area contributed by atoms with Crippen molar-refractivity contribution in [1.29, 1.82) is 0 Å². The molecule has 1 saturated heterocycles. The zero-order valence-corrected chi connectivity index (χ0v) is 15.5. The number of morpholine rings is 1. The number of benzene rings is 1. The lowest BCUT2D eigenvalue weighted by Gasteiger charge is -2.30. The highest BCUT2D eigenvalue weighted by Gasteiger charge is 2.31. The number of rotatable bonds is 5. The fraction of sp³-hybridized carbons (Fsp3) is 0.444. The minimum Gasteiger partial charge on any atom is -0.491 e. The maximum absolute atomic E-state index is 12.8. The van der Waals surface area contributed by atoms with Crippen LogP contribution in [-0.2, 0) is 9.53 Å². The van der Waals surface area contributed by atoms with Gasteiger partial charge in [0.15, 0.2) is 11.8 Å². The average Bonchev–Trinajstić information content (AvgIpc) is 3.03. The molecule has 1 amide bonds. The summed E-state index contributed by atoms with van der Waals surface area (Å²) in [5.74, 6) is -0.694. The molecule has 1 fully saturated rings. The van der Waals surface area contributed by atoms with Crippen molar-refractivity contribution in [3.8, 4) is 11.4 Å². The number of carboxylic acid groups (broad SMARTS) is 1. The molecule has 0 spiro atoms. The van der Waals surface area contributed by atoms with Crippen molar-refractivity contribution in [2.75, 3.05) is 19.7 Å². The number of amides is 1. The van der Waals surface area contributed by atoms with E-state index in [1.807, 2.05) is 38.1 Å². The van der Waals surface area contributed by atoms with Crippen molar-refractivity contribution in [1.82, 2.24) is 19.9 Å². The maximum atomic E-state index is 12.8. The van der Waals surface area contributed by atoms with Crippen molar-refractivity contribution in [2.24, 2.45) is 0 Å². The molecule has 144 valence electrons. The van der Waals surface area contributed by atoms with Gasteiger partial charge in [-0.25, -0.2) is 9.48 Å². The first kappa shape index (κ1) is 18.8. The number of ether oxygens (including phenoxy) is 2. The molecule has 1 aliphatic rings.